The number of hydrogen-bond donors (Lipinski definition) is 1. The zero-order chi connectivity index (χ0) is 24.8. The van der Waals surface area contributed by atoms with E-state index in [0.717, 1.165) is 22.3 Å². The SMILES string of the molecule is O=C(c1ccc(Cl)cc1)N1CCN([C@@H]2CN(C(=O)C3c4ccccc4-c4ccccc43)C[C@H]2O)CC1. The molecule has 2 fully saturated rings. The lowest BCUT2D eigenvalue weighted by Gasteiger charge is -2.38. The quantitative estimate of drug-likeness (QED) is 0.597. The van der Waals surface area contributed by atoms with Crippen LogP contribution in [0.15, 0.2) is 72.8 Å². The Morgan fingerprint density at radius 2 is 1.33 bits per heavy atom. The standard InChI is InChI=1S/C29H28ClN3O3/c30-20-11-9-19(10-12-20)28(35)32-15-13-31(14-16-32)25-17-33(18-26(25)34)29(36)27-23-7-3-1-5-21(23)22-6-2-4-8-24(22)27/h1-12,25-27,34H,13-18H2/t25-,26-/m1/s1. The highest BCUT2D eigenvalue weighted by Gasteiger charge is 2.43. The van der Waals surface area contributed by atoms with Crippen molar-refractivity contribution >= 4 is 23.4 Å². The van der Waals surface area contributed by atoms with E-state index in [1.54, 1.807) is 24.3 Å². The second-order valence-electron chi connectivity index (χ2n) is 9.82. The van der Waals surface area contributed by atoms with Gasteiger partial charge in [0.15, 0.2) is 0 Å². The van der Waals surface area contributed by atoms with Gasteiger partial charge in [-0.05, 0) is 46.5 Å². The van der Waals surface area contributed by atoms with Gasteiger partial charge < -0.3 is 14.9 Å². The van der Waals surface area contributed by atoms with Crippen LogP contribution in [0.2, 0.25) is 5.02 Å². The summed E-state index contributed by atoms with van der Waals surface area (Å²) in [4.78, 5) is 32.5. The fourth-order valence-corrected chi connectivity index (χ4v) is 6.07. The highest BCUT2D eigenvalue weighted by Crippen LogP contribution is 2.45. The van der Waals surface area contributed by atoms with Crippen molar-refractivity contribution < 1.29 is 14.7 Å². The van der Waals surface area contributed by atoms with Gasteiger partial charge >= 0.3 is 0 Å². The summed E-state index contributed by atoms with van der Waals surface area (Å²) in [5.41, 5.74) is 4.93. The second-order valence-corrected chi connectivity index (χ2v) is 10.3. The normalized spacial score (nSPS) is 21.9. The number of piperazine rings is 1. The zero-order valence-electron chi connectivity index (χ0n) is 19.9. The maximum atomic E-state index is 13.8. The zero-order valence-corrected chi connectivity index (χ0v) is 20.6. The van der Waals surface area contributed by atoms with Crippen LogP contribution in [-0.4, -0.2) is 83.0 Å². The molecule has 7 heteroatoms. The largest absolute Gasteiger partial charge is 0.390 e. The van der Waals surface area contributed by atoms with Gasteiger partial charge in [0.1, 0.15) is 0 Å². The van der Waals surface area contributed by atoms with E-state index in [2.05, 4.69) is 17.0 Å². The van der Waals surface area contributed by atoms with Crippen molar-refractivity contribution in [3.05, 3.63) is 94.5 Å². The van der Waals surface area contributed by atoms with Crippen LogP contribution in [0.1, 0.15) is 27.4 Å². The van der Waals surface area contributed by atoms with Crippen molar-refractivity contribution in [3.8, 4) is 11.1 Å². The third-order valence-corrected chi connectivity index (χ3v) is 8.07. The summed E-state index contributed by atoms with van der Waals surface area (Å²) in [5, 5.41) is 11.6. The molecule has 1 N–H and O–H groups in total. The number of carbonyl (C=O) groups excluding carboxylic acids is 2. The third kappa shape index (κ3) is 3.99. The van der Waals surface area contributed by atoms with Gasteiger partial charge in [-0.3, -0.25) is 14.5 Å². The molecule has 36 heavy (non-hydrogen) atoms. The Balaban J connectivity index is 1.13. The molecule has 2 saturated heterocycles. The van der Waals surface area contributed by atoms with E-state index in [9.17, 15) is 14.7 Å². The van der Waals surface area contributed by atoms with E-state index in [4.69, 9.17) is 11.6 Å². The molecule has 3 aromatic carbocycles. The monoisotopic (exact) mass is 501 g/mol. The van der Waals surface area contributed by atoms with Gasteiger partial charge in [-0.15, -0.1) is 0 Å². The van der Waals surface area contributed by atoms with Crippen LogP contribution < -0.4 is 0 Å². The molecule has 2 atom stereocenters. The van der Waals surface area contributed by atoms with E-state index < -0.39 is 6.10 Å². The molecule has 6 nitrogen and oxygen atoms in total. The van der Waals surface area contributed by atoms with Crippen LogP contribution in [-0.2, 0) is 4.79 Å². The summed E-state index contributed by atoms with van der Waals surface area (Å²) in [5.74, 6) is -0.295. The molecule has 0 bridgehead atoms. The van der Waals surface area contributed by atoms with Gasteiger partial charge in [0.25, 0.3) is 5.91 Å². The number of aliphatic hydroxyl groups is 1. The van der Waals surface area contributed by atoms with Crippen molar-refractivity contribution in [2.24, 2.45) is 0 Å². The number of β-amino-alcohol motifs (C(OH)–C–C–N with tert-alkyl or cyclic N) is 1. The first-order valence-corrected chi connectivity index (χ1v) is 12.8. The average molecular weight is 502 g/mol. The van der Waals surface area contributed by atoms with E-state index >= 15 is 0 Å². The average Bonchev–Trinajstić information content (AvgIpc) is 3.47. The number of rotatable bonds is 3. The lowest BCUT2D eigenvalue weighted by atomic mass is 9.95. The molecule has 0 aromatic heterocycles. The van der Waals surface area contributed by atoms with E-state index in [1.165, 1.54) is 0 Å². The van der Waals surface area contributed by atoms with Gasteiger partial charge in [-0.25, -0.2) is 0 Å². The minimum absolute atomic E-state index is 0.00587. The molecule has 2 amide bonds. The molecule has 0 spiro atoms. The van der Waals surface area contributed by atoms with Crippen LogP contribution in [0.25, 0.3) is 11.1 Å². The number of amides is 2. The van der Waals surface area contributed by atoms with Crippen molar-refractivity contribution in [2.75, 3.05) is 39.3 Å². The first-order chi connectivity index (χ1) is 17.5. The van der Waals surface area contributed by atoms with Gasteiger partial charge in [0.05, 0.1) is 18.1 Å². The molecule has 0 unspecified atom stereocenters. The molecule has 3 aromatic rings. The van der Waals surface area contributed by atoms with Gasteiger partial charge in [-0.1, -0.05) is 60.1 Å². The Labute approximate surface area is 215 Å². The molecule has 3 aliphatic rings. The van der Waals surface area contributed by atoms with E-state index in [0.29, 0.717) is 49.9 Å². The van der Waals surface area contributed by atoms with E-state index in [1.807, 2.05) is 46.2 Å². The highest BCUT2D eigenvalue weighted by molar-refractivity contribution is 6.30. The van der Waals surface area contributed by atoms with Gasteiger partial charge in [-0.2, -0.15) is 0 Å². The fourth-order valence-electron chi connectivity index (χ4n) is 5.94. The van der Waals surface area contributed by atoms with Crippen LogP contribution in [0, 0.1) is 0 Å². The Bertz CT molecular complexity index is 1260. The molecule has 2 aliphatic heterocycles. The summed E-state index contributed by atoms with van der Waals surface area (Å²) in [6.45, 7) is 3.32. The third-order valence-electron chi connectivity index (χ3n) is 7.81. The Kier molecular flexibility index (Phi) is 6.04. The van der Waals surface area contributed by atoms with Crippen LogP contribution in [0.5, 0.6) is 0 Å². The number of likely N-dealkylation sites (tertiary alicyclic amines) is 1. The van der Waals surface area contributed by atoms with Crippen LogP contribution in [0.4, 0.5) is 0 Å². The lowest BCUT2D eigenvalue weighted by molar-refractivity contribution is -0.131. The smallest absolute Gasteiger partial charge is 0.253 e. The molecule has 6 rings (SSSR count). The molecule has 184 valence electrons. The Morgan fingerprint density at radius 1 is 0.750 bits per heavy atom. The van der Waals surface area contributed by atoms with Crippen molar-refractivity contribution in [1.82, 2.24) is 14.7 Å². The van der Waals surface area contributed by atoms with Crippen LogP contribution in [0.3, 0.4) is 0 Å². The maximum Gasteiger partial charge on any atom is 0.253 e. The maximum absolute atomic E-state index is 13.8. The van der Waals surface area contributed by atoms with Crippen molar-refractivity contribution in [1.29, 1.82) is 0 Å². The number of halogens is 1. The lowest BCUT2D eigenvalue weighted by Crippen LogP contribution is -2.55. The molecule has 0 radical (unpaired) electrons. The molecule has 0 saturated carbocycles. The first-order valence-electron chi connectivity index (χ1n) is 12.5. The summed E-state index contributed by atoms with van der Waals surface area (Å²) in [6.07, 6.45) is -0.612. The minimum atomic E-state index is -0.612. The molecular formula is C29H28ClN3O3. The number of benzene rings is 3. The Morgan fingerprint density at radius 3 is 1.94 bits per heavy atom. The van der Waals surface area contributed by atoms with Gasteiger partial charge in [0, 0.05) is 49.9 Å². The van der Waals surface area contributed by atoms with Crippen LogP contribution >= 0.6 is 11.6 Å². The fraction of sp³-hybridized carbons (Fsp3) is 0.310. The minimum Gasteiger partial charge on any atom is -0.390 e. The summed E-state index contributed by atoms with van der Waals surface area (Å²) in [6, 6.07) is 23.0. The van der Waals surface area contributed by atoms with Crippen molar-refractivity contribution in [3.63, 3.8) is 0 Å². The van der Waals surface area contributed by atoms with Crippen molar-refractivity contribution in [2.45, 2.75) is 18.1 Å². The Hall–Kier alpha value is -3.19. The summed E-state index contributed by atoms with van der Waals surface area (Å²) >= 11 is 5.95. The van der Waals surface area contributed by atoms with Gasteiger partial charge in [0.2, 0.25) is 5.91 Å². The molecular weight excluding hydrogens is 474 g/mol. The number of hydrogen-bond acceptors (Lipinski definition) is 4. The number of carbonyl (C=O) groups is 2. The molecule has 1 aliphatic carbocycles. The number of fused-ring (bicyclic) bond motifs is 3. The predicted octanol–water partition coefficient (Wildman–Crippen LogP) is 3.48. The second kappa shape index (κ2) is 9.36. The topological polar surface area (TPSA) is 64.1 Å². The summed E-state index contributed by atoms with van der Waals surface area (Å²) in [7, 11) is 0. The predicted molar refractivity (Wildman–Crippen MR) is 139 cm³/mol. The molecule has 2 heterocycles. The first kappa shape index (κ1) is 23.2. The highest BCUT2D eigenvalue weighted by atomic mass is 35.5. The number of nitrogens with zero attached hydrogens (tertiary/aromatic N) is 3. The number of aliphatic hydroxyl groups excluding tert-OH is 1. The van der Waals surface area contributed by atoms with E-state index in [-0.39, 0.29) is 23.8 Å². The summed E-state index contributed by atoms with van der Waals surface area (Å²) < 4.78 is 0.